The highest BCUT2D eigenvalue weighted by molar-refractivity contribution is 9.10. The van der Waals surface area contributed by atoms with Crippen LogP contribution in [0.3, 0.4) is 0 Å². The monoisotopic (exact) mass is 322 g/mol. The van der Waals surface area contributed by atoms with Gasteiger partial charge in [-0.2, -0.15) is 0 Å². The predicted octanol–water partition coefficient (Wildman–Crippen LogP) is 1.55. The summed E-state index contributed by atoms with van der Waals surface area (Å²) in [5, 5.41) is 0. The minimum absolute atomic E-state index is 0.000826. The highest BCUT2D eigenvalue weighted by atomic mass is 79.9. The smallest absolute Gasteiger partial charge is 0.232 e. The number of rotatable bonds is 6. The third kappa shape index (κ3) is 4.53. The maximum atomic E-state index is 11.7. The van der Waals surface area contributed by atoms with E-state index in [2.05, 4.69) is 20.7 Å². The third-order valence-corrected chi connectivity index (χ3v) is 3.89. The van der Waals surface area contributed by atoms with E-state index in [1.165, 1.54) is 7.11 Å². The molecule has 0 amide bonds. The Kier molecular flexibility index (Phi) is 5.23. The number of sulfonamides is 1. The van der Waals surface area contributed by atoms with Gasteiger partial charge >= 0.3 is 0 Å². The summed E-state index contributed by atoms with van der Waals surface area (Å²) in [7, 11) is -1.89. The van der Waals surface area contributed by atoms with Crippen LogP contribution in [0.25, 0.3) is 0 Å². The van der Waals surface area contributed by atoms with Gasteiger partial charge in [-0.25, -0.2) is 8.42 Å². The lowest BCUT2D eigenvalue weighted by molar-refractivity contribution is 0.417. The van der Waals surface area contributed by atoms with Crippen molar-refractivity contribution in [3.63, 3.8) is 0 Å². The molecule has 0 atom stereocenters. The molecule has 5 nitrogen and oxygen atoms in total. The molecule has 3 N–H and O–H groups in total. The first kappa shape index (κ1) is 14.3. The molecule has 1 aromatic rings. The zero-order chi connectivity index (χ0) is 12.9. The van der Waals surface area contributed by atoms with Crippen LogP contribution in [0.5, 0.6) is 5.75 Å². The van der Waals surface area contributed by atoms with Crippen molar-refractivity contribution in [2.45, 2.75) is 6.42 Å². The summed E-state index contributed by atoms with van der Waals surface area (Å²) in [6, 6.07) is 5.11. The molecule has 0 aliphatic heterocycles. The van der Waals surface area contributed by atoms with E-state index >= 15 is 0 Å². The molecule has 0 radical (unpaired) electrons. The van der Waals surface area contributed by atoms with Gasteiger partial charge in [0.2, 0.25) is 10.0 Å². The molecule has 0 saturated carbocycles. The van der Waals surface area contributed by atoms with Crippen molar-refractivity contribution in [2.75, 3.05) is 24.1 Å². The fraction of sp³-hybridized carbons (Fsp3) is 0.400. The van der Waals surface area contributed by atoms with E-state index < -0.39 is 10.0 Å². The van der Waals surface area contributed by atoms with E-state index in [1.807, 2.05) is 0 Å². The summed E-state index contributed by atoms with van der Waals surface area (Å²) < 4.78 is 31.7. The fourth-order valence-electron chi connectivity index (χ4n) is 1.25. The van der Waals surface area contributed by atoms with Crippen molar-refractivity contribution >= 4 is 31.6 Å². The number of nitrogens with one attached hydrogen (secondary N) is 1. The molecule has 0 heterocycles. The van der Waals surface area contributed by atoms with E-state index in [4.69, 9.17) is 10.5 Å². The predicted molar refractivity (Wildman–Crippen MR) is 71.8 cm³/mol. The van der Waals surface area contributed by atoms with Crippen LogP contribution in [-0.2, 0) is 10.0 Å². The lowest BCUT2D eigenvalue weighted by atomic mass is 10.3. The molecule has 0 aliphatic carbocycles. The second-order valence-electron chi connectivity index (χ2n) is 3.41. The molecule has 17 heavy (non-hydrogen) atoms. The molecule has 1 aromatic carbocycles. The normalized spacial score (nSPS) is 11.2. The lowest BCUT2D eigenvalue weighted by Crippen LogP contribution is -2.19. The average molecular weight is 323 g/mol. The Bertz CT molecular complexity index is 476. The molecule has 0 aliphatic rings. The molecule has 0 unspecified atom stereocenters. The van der Waals surface area contributed by atoms with Gasteiger partial charge < -0.3 is 10.5 Å². The van der Waals surface area contributed by atoms with Crippen molar-refractivity contribution in [3.8, 4) is 5.75 Å². The largest absolute Gasteiger partial charge is 0.495 e. The van der Waals surface area contributed by atoms with Gasteiger partial charge in [-0.3, -0.25) is 4.72 Å². The number of hydrogen-bond acceptors (Lipinski definition) is 4. The van der Waals surface area contributed by atoms with Crippen LogP contribution in [0.2, 0.25) is 0 Å². The molecule has 0 spiro atoms. The third-order valence-electron chi connectivity index (χ3n) is 2.04. The van der Waals surface area contributed by atoms with E-state index in [0.717, 1.165) is 4.47 Å². The lowest BCUT2D eigenvalue weighted by Gasteiger charge is -2.11. The fourth-order valence-corrected chi connectivity index (χ4v) is 2.76. The van der Waals surface area contributed by atoms with E-state index in [0.29, 0.717) is 24.4 Å². The topological polar surface area (TPSA) is 81.4 Å². The molecule has 0 aromatic heterocycles. The highest BCUT2D eigenvalue weighted by Gasteiger charge is 2.13. The first-order valence-corrected chi connectivity index (χ1v) is 7.47. The summed E-state index contributed by atoms with van der Waals surface area (Å²) in [6.45, 7) is 0.344. The van der Waals surface area contributed by atoms with Gasteiger partial charge in [0, 0.05) is 4.47 Å². The van der Waals surface area contributed by atoms with E-state index in [-0.39, 0.29) is 5.75 Å². The van der Waals surface area contributed by atoms with Gasteiger partial charge in [-0.05, 0) is 31.2 Å². The Morgan fingerprint density at radius 3 is 2.76 bits per heavy atom. The van der Waals surface area contributed by atoms with Crippen LogP contribution in [0.4, 0.5) is 5.69 Å². The van der Waals surface area contributed by atoms with Gasteiger partial charge in [0.05, 0.1) is 18.6 Å². The standard InChI is InChI=1S/C10H15BrN2O3S/c1-16-10-4-3-8(11)7-9(10)13-17(14,15)6-2-5-12/h3-4,7,13H,2,5-6,12H2,1H3. The van der Waals surface area contributed by atoms with Crippen molar-refractivity contribution in [1.82, 2.24) is 0 Å². The molecule has 0 saturated heterocycles. The zero-order valence-corrected chi connectivity index (χ0v) is 11.8. The van der Waals surface area contributed by atoms with Gasteiger partial charge in [-0.1, -0.05) is 15.9 Å². The first-order chi connectivity index (χ1) is 7.98. The van der Waals surface area contributed by atoms with Crippen LogP contribution in [0.15, 0.2) is 22.7 Å². The molecule has 7 heteroatoms. The van der Waals surface area contributed by atoms with Gasteiger partial charge in [0.25, 0.3) is 0 Å². The van der Waals surface area contributed by atoms with Crippen molar-refractivity contribution < 1.29 is 13.2 Å². The average Bonchev–Trinajstić information content (AvgIpc) is 2.26. The summed E-state index contributed by atoms with van der Waals surface area (Å²) in [5.41, 5.74) is 5.70. The van der Waals surface area contributed by atoms with E-state index in [1.54, 1.807) is 18.2 Å². The minimum Gasteiger partial charge on any atom is -0.495 e. The molecule has 0 bridgehead atoms. The van der Waals surface area contributed by atoms with Crippen molar-refractivity contribution in [1.29, 1.82) is 0 Å². The minimum atomic E-state index is -3.38. The number of halogens is 1. The summed E-state index contributed by atoms with van der Waals surface area (Å²) in [4.78, 5) is 0. The number of nitrogens with two attached hydrogens (primary N) is 1. The number of hydrogen-bond donors (Lipinski definition) is 2. The second kappa shape index (κ2) is 6.23. The van der Waals surface area contributed by atoms with Crippen LogP contribution < -0.4 is 15.2 Å². The zero-order valence-electron chi connectivity index (χ0n) is 9.44. The molecule has 1 rings (SSSR count). The highest BCUT2D eigenvalue weighted by Crippen LogP contribution is 2.28. The molecule has 0 fully saturated rings. The molecule has 96 valence electrons. The Morgan fingerprint density at radius 1 is 1.47 bits per heavy atom. The van der Waals surface area contributed by atoms with Crippen LogP contribution in [0, 0.1) is 0 Å². The Hall–Kier alpha value is -0.790. The Morgan fingerprint density at radius 2 is 2.18 bits per heavy atom. The number of anilines is 1. The van der Waals surface area contributed by atoms with Crippen molar-refractivity contribution in [3.05, 3.63) is 22.7 Å². The first-order valence-electron chi connectivity index (χ1n) is 5.02. The van der Waals surface area contributed by atoms with Gasteiger partial charge in [-0.15, -0.1) is 0 Å². The van der Waals surface area contributed by atoms with Crippen molar-refractivity contribution in [2.24, 2.45) is 5.73 Å². The van der Waals surface area contributed by atoms with Crippen LogP contribution >= 0.6 is 15.9 Å². The molecular formula is C10H15BrN2O3S. The Labute approximate surface area is 110 Å². The van der Waals surface area contributed by atoms with Gasteiger partial charge in [0.15, 0.2) is 0 Å². The summed E-state index contributed by atoms with van der Waals surface area (Å²) in [6.07, 6.45) is 0.422. The molecular weight excluding hydrogens is 308 g/mol. The van der Waals surface area contributed by atoms with Crippen LogP contribution in [0.1, 0.15) is 6.42 Å². The SMILES string of the molecule is COc1ccc(Br)cc1NS(=O)(=O)CCCN. The van der Waals surface area contributed by atoms with Gasteiger partial charge in [0.1, 0.15) is 5.75 Å². The summed E-state index contributed by atoms with van der Waals surface area (Å²) in [5.74, 6) is 0.476. The van der Waals surface area contributed by atoms with E-state index in [9.17, 15) is 8.42 Å². The number of benzene rings is 1. The second-order valence-corrected chi connectivity index (χ2v) is 6.17. The quantitative estimate of drug-likeness (QED) is 0.832. The maximum Gasteiger partial charge on any atom is 0.232 e. The Balaban J connectivity index is 2.90. The number of ether oxygens (including phenoxy) is 1. The van der Waals surface area contributed by atoms with Crippen LogP contribution in [-0.4, -0.2) is 27.8 Å². The number of methoxy groups -OCH3 is 1. The summed E-state index contributed by atoms with van der Waals surface area (Å²) >= 11 is 3.28. The maximum absolute atomic E-state index is 11.7.